The number of methoxy groups -OCH3 is 1. The molecular weight excluding hydrogens is 471 g/mol. The minimum Gasteiger partial charge on any atom is -0.490 e. The number of carbonyl (C=O) groups is 1. The summed E-state index contributed by atoms with van der Waals surface area (Å²) < 4.78 is 11.1. The van der Waals surface area contributed by atoms with Gasteiger partial charge in [0.25, 0.3) is 0 Å². The predicted octanol–water partition coefficient (Wildman–Crippen LogP) is 2.56. The molecule has 1 atom stereocenters. The van der Waals surface area contributed by atoms with Crippen molar-refractivity contribution in [2.24, 2.45) is 4.99 Å². The zero-order chi connectivity index (χ0) is 20.2. The Hall–Kier alpha value is -1.55. The van der Waals surface area contributed by atoms with Crippen LogP contribution in [0.25, 0.3) is 0 Å². The second-order valence-corrected chi connectivity index (χ2v) is 6.67. The Balaban J connectivity index is 0.00000729. The molecule has 0 aliphatic heterocycles. The maximum atomic E-state index is 11.8. The van der Waals surface area contributed by atoms with Crippen molar-refractivity contribution in [3.8, 4) is 5.75 Å². The molecule has 1 amide bonds. The van der Waals surface area contributed by atoms with E-state index < -0.39 is 0 Å². The second kappa shape index (κ2) is 14.4. The first kappa shape index (κ1) is 26.4. The number of benzene rings is 1. The molecule has 0 saturated heterocycles. The molecule has 1 aromatic rings. The number of likely N-dealkylation sites (N-methyl/N-ethyl adjacent to an activating group) is 1. The van der Waals surface area contributed by atoms with Gasteiger partial charge in [0.1, 0.15) is 5.75 Å². The maximum absolute atomic E-state index is 11.8. The van der Waals surface area contributed by atoms with Crippen LogP contribution in [0.2, 0.25) is 0 Å². The van der Waals surface area contributed by atoms with E-state index in [-0.39, 0.29) is 42.5 Å². The Morgan fingerprint density at radius 2 is 2.00 bits per heavy atom. The number of hydrogen-bond acceptors (Lipinski definition) is 4. The third-order valence-corrected chi connectivity index (χ3v) is 4.04. The number of rotatable bonds is 10. The van der Waals surface area contributed by atoms with Crippen molar-refractivity contribution >= 4 is 35.8 Å². The fraction of sp³-hybridized carbons (Fsp3) is 0.600. The summed E-state index contributed by atoms with van der Waals surface area (Å²) in [6.07, 6.45) is 1.08. The van der Waals surface area contributed by atoms with Crippen LogP contribution >= 0.6 is 24.0 Å². The Bertz CT molecular complexity index is 623. The largest absolute Gasteiger partial charge is 0.490 e. The van der Waals surface area contributed by atoms with Gasteiger partial charge in [-0.15, -0.1) is 24.0 Å². The van der Waals surface area contributed by atoms with Crippen molar-refractivity contribution in [1.82, 2.24) is 15.5 Å². The third kappa shape index (κ3) is 10.1. The molecule has 28 heavy (non-hydrogen) atoms. The van der Waals surface area contributed by atoms with Crippen molar-refractivity contribution in [3.63, 3.8) is 0 Å². The summed E-state index contributed by atoms with van der Waals surface area (Å²) in [5, 5.41) is 6.23. The van der Waals surface area contributed by atoms with Crippen LogP contribution < -0.4 is 15.4 Å². The van der Waals surface area contributed by atoms with Crippen LogP contribution in [0, 0.1) is 6.92 Å². The van der Waals surface area contributed by atoms with Gasteiger partial charge in [-0.05, 0) is 31.9 Å². The molecule has 1 rings (SSSR count). The number of amides is 1. The Morgan fingerprint density at radius 3 is 2.61 bits per heavy atom. The summed E-state index contributed by atoms with van der Waals surface area (Å²) in [7, 11) is 5.10. The molecule has 0 aromatic heterocycles. The number of nitrogens with one attached hydrogen (secondary N) is 2. The smallest absolute Gasteiger partial charge is 0.241 e. The molecule has 0 fully saturated rings. The van der Waals surface area contributed by atoms with E-state index in [0.717, 1.165) is 23.3 Å². The molecule has 0 aliphatic carbocycles. The normalized spacial score (nSPS) is 12.0. The highest BCUT2D eigenvalue weighted by Gasteiger charge is 2.09. The second-order valence-electron chi connectivity index (χ2n) is 6.67. The van der Waals surface area contributed by atoms with Gasteiger partial charge >= 0.3 is 0 Å². The monoisotopic (exact) mass is 506 g/mol. The van der Waals surface area contributed by atoms with Crippen LogP contribution in [0.4, 0.5) is 0 Å². The first-order chi connectivity index (χ1) is 12.9. The highest BCUT2D eigenvalue weighted by Crippen LogP contribution is 2.23. The summed E-state index contributed by atoms with van der Waals surface area (Å²) in [5.41, 5.74) is 2.15. The van der Waals surface area contributed by atoms with Crippen molar-refractivity contribution in [3.05, 3.63) is 29.3 Å². The lowest BCUT2D eigenvalue weighted by atomic mass is 10.1. The zero-order valence-corrected chi connectivity index (χ0v) is 20.2. The Kier molecular flexibility index (Phi) is 13.6. The standard InChI is InChI=1S/C20H34N4O3.HI/c1-7-16(3)27-18-12-15(2)8-9-17(18)13-22-20(21-10-11-26-6)23-14-19(25)24(4)5;/h8-9,12,16H,7,10-11,13-14H2,1-6H3,(H2,21,22,23);1H. The Morgan fingerprint density at radius 1 is 1.29 bits per heavy atom. The number of guanidine groups is 1. The number of aliphatic imine (C=N–C) groups is 1. The summed E-state index contributed by atoms with van der Waals surface area (Å²) in [6.45, 7) is 7.98. The van der Waals surface area contributed by atoms with Gasteiger partial charge in [0.15, 0.2) is 5.96 Å². The zero-order valence-electron chi connectivity index (χ0n) is 17.9. The fourth-order valence-electron chi connectivity index (χ4n) is 2.13. The van der Waals surface area contributed by atoms with Crippen molar-refractivity contribution in [2.45, 2.75) is 39.8 Å². The van der Waals surface area contributed by atoms with E-state index >= 15 is 0 Å². The molecule has 160 valence electrons. The quantitative estimate of drug-likeness (QED) is 0.221. The fourth-order valence-corrected chi connectivity index (χ4v) is 2.13. The number of nitrogens with zero attached hydrogens (tertiary/aromatic N) is 2. The van der Waals surface area contributed by atoms with Gasteiger partial charge in [0.2, 0.25) is 5.91 Å². The van der Waals surface area contributed by atoms with Crippen LogP contribution in [0.3, 0.4) is 0 Å². The molecule has 2 N–H and O–H groups in total. The summed E-state index contributed by atoms with van der Waals surface area (Å²) >= 11 is 0. The molecule has 0 bridgehead atoms. The van der Waals surface area contributed by atoms with Crippen molar-refractivity contribution in [2.75, 3.05) is 40.9 Å². The lowest BCUT2D eigenvalue weighted by Gasteiger charge is -2.17. The number of hydrogen-bond donors (Lipinski definition) is 2. The van der Waals surface area contributed by atoms with Crippen LogP contribution in [-0.4, -0.2) is 63.8 Å². The van der Waals surface area contributed by atoms with Crippen LogP contribution in [0.5, 0.6) is 5.75 Å². The van der Waals surface area contributed by atoms with E-state index in [1.807, 2.05) is 19.1 Å². The van der Waals surface area contributed by atoms with Gasteiger partial charge in [-0.25, -0.2) is 4.99 Å². The molecular formula is C20H35IN4O3. The van der Waals surface area contributed by atoms with Crippen molar-refractivity contribution in [1.29, 1.82) is 0 Å². The molecule has 1 unspecified atom stereocenters. The maximum Gasteiger partial charge on any atom is 0.241 e. The number of carbonyl (C=O) groups excluding carboxylic acids is 1. The molecule has 0 heterocycles. The van der Waals surface area contributed by atoms with Crippen LogP contribution in [-0.2, 0) is 16.1 Å². The molecule has 0 spiro atoms. The first-order valence-electron chi connectivity index (χ1n) is 9.34. The number of halogens is 1. The van der Waals surface area contributed by atoms with E-state index in [1.165, 1.54) is 4.90 Å². The third-order valence-electron chi connectivity index (χ3n) is 4.04. The first-order valence-corrected chi connectivity index (χ1v) is 9.34. The molecule has 0 aliphatic rings. The molecule has 0 radical (unpaired) electrons. The van der Waals surface area contributed by atoms with Gasteiger partial charge in [0.05, 0.1) is 25.8 Å². The summed E-state index contributed by atoms with van der Waals surface area (Å²) in [5.74, 6) is 1.40. The summed E-state index contributed by atoms with van der Waals surface area (Å²) in [6, 6.07) is 6.13. The van der Waals surface area contributed by atoms with Gasteiger partial charge in [-0.1, -0.05) is 19.1 Å². The molecule has 7 nitrogen and oxygen atoms in total. The van der Waals surface area contributed by atoms with E-state index in [2.05, 4.69) is 35.5 Å². The minimum absolute atomic E-state index is 0. The van der Waals surface area contributed by atoms with Gasteiger partial charge in [-0.3, -0.25) is 4.79 Å². The van der Waals surface area contributed by atoms with Crippen LogP contribution in [0.15, 0.2) is 23.2 Å². The van der Waals surface area contributed by atoms with Gasteiger partial charge in [-0.2, -0.15) is 0 Å². The minimum atomic E-state index is -0.0210. The van der Waals surface area contributed by atoms with Crippen molar-refractivity contribution < 1.29 is 14.3 Å². The van der Waals surface area contributed by atoms with E-state index in [0.29, 0.717) is 25.7 Å². The topological polar surface area (TPSA) is 75.2 Å². The molecule has 8 heteroatoms. The van der Waals surface area contributed by atoms with Crippen LogP contribution in [0.1, 0.15) is 31.4 Å². The highest BCUT2D eigenvalue weighted by molar-refractivity contribution is 14.0. The van der Waals surface area contributed by atoms with E-state index in [1.54, 1.807) is 21.2 Å². The average molecular weight is 506 g/mol. The average Bonchev–Trinajstić information content (AvgIpc) is 2.64. The lowest BCUT2D eigenvalue weighted by molar-refractivity contribution is -0.127. The Labute approximate surface area is 186 Å². The molecule has 0 saturated carbocycles. The van der Waals surface area contributed by atoms with E-state index in [9.17, 15) is 4.79 Å². The van der Waals surface area contributed by atoms with E-state index in [4.69, 9.17) is 9.47 Å². The van der Waals surface area contributed by atoms with Gasteiger partial charge in [0, 0.05) is 33.3 Å². The summed E-state index contributed by atoms with van der Waals surface area (Å²) in [4.78, 5) is 18.0. The highest BCUT2D eigenvalue weighted by atomic mass is 127. The lowest BCUT2D eigenvalue weighted by Crippen LogP contribution is -2.43. The predicted molar refractivity (Wildman–Crippen MR) is 125 cm³/mol. The number of ether oxygens (including phenoxy) is 2. The van der Waals surface area contributed by atoms with Gasteiger partial charge < -0.3 is 25.0 Å². The molecule has 1 aromatic carbocycles. The number of aryl methyl sites for hydroxylation is 1. The SMILES string of the molecule is CCC(C)Oc1cc(C)ccc1CN=C(NCCOC)NCC(=O)N(C)C.I.